The fraction of sp³-hybridized carbons (Fsp3) is 0.600. The van der Waals surface area contributed by atoms with E-state index < -0.39 is 24.9 Å². The Morgan fingerprint density at radius 2 is 1.54 bits per heavy atom. The van der Waals surface area contributed by atoms with Gasteiger partial charge >= 0.3 is 12.2 Å². The highest BCUT2D eigenvalue weighted by molar-refractivity contribution is 5.89. The van der Waals surface area contributed by atoms with Crippen LogP contribution < -0.4 is 5.32 Å². The maximum Gasteiger partial charge on any atom is 0.389 e. The van der Waals surface area contributed by atoms with E-state index in [0.29, 0.717) is 31.7 Å². The molecule has 8 heteroatoms. The number of nitrogens with zero attached hydrogens (tertiary/aromatic N) is 2. The molecular formula is C20H28F3N3O2. The van der Waals surface area contributed by atoms with E-state index in [2.05, 4.69) is 26.1 Å². The number of alkyl halides is 3. The van der Waals surface area contributed by atoms with Crippen molar-refractivity contribution in [3.05, 3.63) is 29.8 Å². The van der Waals surface area contributed by atoms with Crippen molar-refractivity contribution >= 4 is 17.6 Å². The summed E-state index contributed by atoms with van der Waals surface area (Å²) in [4.78, 5) is 27.5. The summed E-state index contributed by atoms with van der Waals surface area (Å²) in [6.07, 6.45) is -5.46. The molecule has 1 fully saturated rings. The lowest BCUT2D eigenvalue weighted by Gasteiger charge is -2.23. The summed E-state index contributed by atoms with van der Waals surface area (Å²) < 4.78 is 36.9. The molecule has 1 saturated heterocycles. The smallest absolute Gasteiger partial charge is 0.341 e. The summed E-state index contributed by atoms with van der Waals surface area (Å²) >= 11 is 0. The Kier molecular flexibility index (Phi) is 6.96. The molecule has 1 aliphatic heterocycles. The average Bonchev–Trinajstić information content (AvgIpc) is 2.85. The fourth-order valence-corrected chi connectivity index (χ4v) is 3.03. The average molecular weight is 399 g/mol. The number of nitrogens with one attached hydrogen (secondary N) is 1. The molecule has 2 rings (SSSR count). The molecular weight excluding hydrogens is 371 g/mol. The molecule has 3 amide bonds. The molecule has 1 N–H and O–H groups in total. The first-order valence-electron chi connectivity index (χ1n) is 9.47. The number of carbonyl (C=O) groups excluding carboxylic acids is 2. The number of anilines is 1. The van der Waals surface area contributed by atoms with Crippen molar-refractivity contribution in [1.29, 1.82) is 0 Å². The Balaban J connectivity index is 1.87. The molecule has 0 aromatic heterocycles. The van der Waals surface area contributed by atoms with E-state index in [-0.39, 0.29) is 18.0 Å². The SMILES string of the molecule is CC(C)(C)c1ccc(NC(=O)N2CCCN(C(=O)CCC(F)(F)F)CC2)cc1. The second-order valence-electron chi connectivity index (χ2n) is 8.09. The molecule has 0 bridgehead atoms. The third-order valence-corrected chi connectivity index (χ3v) is 4.76. The molecule has 1 aliphatic rings. The summed E-state index contributed by atoms with van der Waals surface area (Å²) in [6, 6.07) is 7.37. The van der Waals surface area contributed by atoms with Crippen molar-refractivity contribution < 1.29 is 22.8 Å². The number of halogens is 3. The zero-order valence-electron chi connectivity index (χ0n) is 16.6. The van der Waals surface area contributed by atoms with E-state index in [1.54, 1.807) is 4.90 Å². The first-order valence-corrected chi connectivity index (χ1v) is 9.47. The summed E-state index contributed by atoms with van der Waals surface area (Å²) in [5.41, 5.74) is 1.86. The molecule has 0 saturated carbocycles. The van der Waals surface area contributed by atoms with E-state index >= 15 is 0 Å². The van der Waals surface area contributed by atoms with Gasteiger partial charge in [-0.1, -0.05) is 32.9 Å². The highest BCUT2D eigenvalue weighted by atomic mass is 19.4. The molecule has 156 valence electrons. The lowest BCUT2D eigenvalue weighted by atomic mass is 9.87. The molecule has 5 nitrogen and oxygen atoms in total. The summed E-state index contributed by atoms with van der Waals surface area (Å²) in [7, 11) is 0. The monoisotopic (exact) mass is 399 g/mol. The topological polar surface area (TPSA) is 52.7 Å². The van der Waals surface area contributed by atoms with Gasteiger partial charge in [0.1, 0.15) is 0 Å². The maximum absolute atomic E-state index is 12.5. The van der Waals surface area contributed by atoms with Crippen LogP contribution in [0, 0.1) is 0 Å². The van der Waals surface area contributed by atoms with E-state index in [0.717, 1.165) is 5.56 Å². The van der Waals surface area contributed by atoms with Crippen LogP contribution in [0.25, 0.3) is 0 Å². The normalized spacial score (nSPS) is 15.9. The van der Waals surface area contributed by atoms with Gasteiger partial charge in [0.05, 0.1) is 6.42 Å². The molecule has 0 unspecified atom stereocenters. The van der Waals surface area contributed by atoms with Crippen LogP contribution in [0.2, 0.25) is 0 Å². The standard InChI is InChI=1S/C20H28F3N3O2/c1-19(2,3)15-5-7-16(8-6-15)24-18(28)26-12-4-11-25(13-14-26)17(27)9-10-20(21,22)23/h5-8H,4,9-14H2,1-3H3,(H,24,28). The lowest BCUT2D eigenvalue weighted by Crippen LogP contribution is -2.39. The van der Waals surface area contributed by atoms with Gasteiger partial charge in [-0.3, -0.25) is 4.79 Å². The van der Waals surface area contributed by atoms with Crippen LogP contribution in [0.3, 0.4) is 0 Å². The van der Waals surface area contributed by atoms with Crippen LogP contribution in [0.15, 0.2) is 24.3 Å². The molecule has 1 aromatic rings. The van der Waals surface area contributed by atoms with E-state index in [4.69, 9.17) is 0 Å². The Labute approximate surface area is 163 Å². The summed E-state index contributed by atoms with van der Waals surface area (Å²) in [5, 5.41) is 2.84. The van der Waals surface area contributed by atoms with E-state index in [9.17, 15) is 22.8 Å². The minimum absolute atomic E-state index is 0.0233. The first-order chi connectivity index (χ1) is 13.0. The number of amides is 3. The van der Waals surface area contributed by atoms with Crippen molar-refractivity contribution in [3.63, 3.8) is 0 Å². The van der Waals surface area contributed by atoms with Gasteiger partial charge in [-0.25, -0.2) is 4.79 Å². The van der Waals surface area contributed by atoms with Crippen LogP contribution in [-0.4, -0.2) is 54.1 Å². The maximum atomic E-state index is 12.5. The highest BCUT2D eigenvalue weighted by Gasteiger charge is 2.30. The lowest BCUT2D eigenvalue weighted by molar-refractivity contribution is -0.149. The predicted molar refractivity (Wildman–Crippen MR) is 102 cm³/mol. The van der Waals surface area contributed by atoms with Gasteiger partial charge in [-0.15, -0.1) is 0 Å². The minimum Gasteiger partial charge on any atom is -0.341 e. The van der Waals surface area contributed by atoms with Crippen LogP contribution >= 0.6 is 0 Å². The third-order valence-electron chi connectivity index (χ3n) is 4.76. The van der Waals surface area contributed by atoms with Crippen LogP contribution in [0.4, 0.5) is 23.7 Å². The minimum atomic E-state index is -4.34. The first kappa shape index (κ1) is 22.0. The number of hydrogen-bond donors (Lipinski definition) is 1. The quantitative estimate of drug-likeness (QED) is 0.819. The summed E-state index contributed by atoms with van der Waals surface area (Å²) in [5.74, 6) is -0.516. The number of benzene rings is 1. The molecule has 1 aromatic carbocycles. The molecule has 0 radical (unpaired) electrons. The molecule has 0 aliphatic carbocycles. The number of rotatable bonds is 3. The van der Waals surface area contributed by atoms with Crippen molar-refractivity contribution in [2.75, 3.05) is 31.5 Å². The zero-order chi connectivity index (χ0) is 20.9. The van der Waals surface area contributed by atoms with Crippen molar-refractivity contribution in [1.82, 2.24) is 9.80 Å². The molecule has 0 spiro atoms. The number of carbonyl (C=O) groups is 2. The van der Waals surface area contributed by atoms with Gasteiger partial charge in [0.25, 0.3) is 0 Å². The number of urea groups is 1. The Bertz CT molecular complexity index is 681. The van der Waals surface area contributed by atoms with Gasteiger partial charge in [0, 0.05) is 38.3 Å². The van der Waals surface area contributed by atoms with Crippen molar-refractivity contribution in [2.45, 2.75) is 51.6 Å². The third kappa shape index (κ3) is 6.73. The number of hydrogen-bond acceptors (Lipinski definition) is 2. The summed E-state index contributed by atoms with van der Waals surface area (Å²) in [6.45, 7) is 7.69. The highest BCUT2D eigenvalue weighted by Crippen LogP contribution is 2.24. The fourth-order valence-electron chi connectivity index (χ4n) is 3.03. The largest absolute Gasteiger partial charge is 0.389 e. The molecule has 1 heterocycles. The van der Waals surface area contributed by atoms with Crippen LogP contribution in [-0.2, 0) is 10.2 Å². The van der Waals surface area contributed by atoms with Gasteiger partial charge in [-0.2, -0.15) is 13.2 Å². The van der Waals surface area contributed by atoms with Crippen molar-refractivity contribution in [2.24, 2.45) is 0 Å². The molecule has 28 heavy (non-hydrogen) atoms. The van der Waals surface area contributed by atoms with Gasteiger partial charge in [0.15, 0.2) is 0 Å². The van der Waals surface area contributed by atoms with Gasteiger partial charge in [-0.05, 0) is 29.5 Å². The second-order valence-corrected chi connectivity index (χ2v) is 8.09. The van der Waals surface area contributed by atoms with Crippen molar-refractivity contribution in [3.8, 4) is 0 Å². The zero-order valence-corrected chi connectivity index (χ0v) is 16.6. The Morgan fingerprint density at radius 1 is 0.964 bits per heavy atom. The van der Waals surface area contributed by atoms with E-state index in [1.807, 2.05) is 24.3 Å². The van der Waals surface area contributed by atoms with Crippen LogP contribution in [0.1, 0.15) is 45.6 Å². The van der Waals surface area contributed by atoms with Gasteiger partial charge < -0.3 is 15.1 Å². The Hall–Kier alpha value is -2.25. The Morgan fingerprint density at radius 3 is 2.11 bits per heavy atom. The van der Waals surface area contributed by atoms with Gasteiger partial charge in [0.2, 0.25) is 5.91 Å². The second kappa shape index (κ2) is 8.84. The van der Waals surface area contributed by atoms with Crippen LogP contribution in [0.5, 0.6) is 0 Å². The van der Waals surface area contributed by atoms with E-state index in [1.165, 1.54) is 4.90 Å². The predicted octanol–water partition coefficient (Wildman–Crippen LogP) is 4.39. The molecule has 0 atom stereocenters.